The van der Waals surface area contributed by atoms with Crippen LogP contribution in [0.25, 0.3) is 0 Å². The van der Waals surface area contributed by atoms with Gasteiger partial charge in [-0.05, 0) is 61.1 Å². The number of thioether (sulfide) groups is 1. The Morgan fingerprint density at radius 1 is 1.12 bits per heavy atom. The number of halogens is 1. The highest BCUT2D eigenvalue weighted by Crippen LogP contribution is 2.21. The first-order chi connectivity index (χ1) is 12.6. The minimum atomic E-state index is -0.285. The van der Waals surface area contributed by atoms with E-state index in [0.29, 0.717) is 13.2 Å². The molecule has 2 aromatic carbocycles. The Morgan fingerprint density at radius 3 is 2.46 bits per heavy atom. The van der Waals surface area contributed by atoms with Crippen molar-refractivity contribution in [3.05, 3.63) is 59.9 Å². The highest BCUT2D eigenvalue weighted by atomic mass is 32.2. The summed E-state index contributed by atoms with van der Waals surface area (Å²) >= 11 is 6.49. The average molecular weight is 394 g/mol. The Bertz CT molecular complexity index is 724. The first kappa shape index (κ1) is 20.0. The number of hydrazine groups is 1. The molecule has 0 fully saturated rings. The van der Waals surface area contributed by atoms with E-state index in [4.69, 9.17) is 17.0 Å². The molecule has 0 atom stereocenters. The van der Waals surface area contributed by atoms with Gasteiger partial charge in [-0.15, -0.1) is 11.8 Å². The first-order valence-electron chi connectivity index (χ1n) is 7.99. The molecule has 0 heterocycles. The highest BCUT2D eigenvalue weighted by molar-refractivity contribution is 8.00. The van der Waals surface area contributed by atoms with Gasteiger partial charge in [0.2, 0.25) is 5.91 Å². The van der Waals surface area contributed by atoms with Crippen LogP contribution in [0.1, 0.15) is 12.5 Å². The van der Waals surface area contributed by atoms with Crippen LogP contribution in [0, 0.1) is 5.82 Å². The fourth-order valence-corrected chi connectivity index (χ4v) is 2.76. The van der Waals surface area contributed by atoms with Crippen LogP contribution >= 0.6 is 24.0 Å². The molecule has 0 saturated carbocycles. The summed E-state index contributed by atoms with van der Waals surface area (Å²) in [5.74, 6) is 0.573. The third-order valence-electron chi connectivity index (χ3n) is 3.19. The van der Waals surface area contributed by atoms with E-state index in [1.807, 2.05) is 31.2 Å². The summed E-state index contributed by atoms with van der Waals surface area (Å²) in [6.45, 7) is 2.98. The summed E-state index contributed by atoms with van der Waals surface area (Å²) in [6.07, 6.45) is 0. The van der Waals surface area contributed by atoms with E-state index in [9.17, 15) is 9.18 Å². The zero-order valence-corrected chi connectivity index (χ0v) is 15.9. The van der Waals surface area contributed by atoms with Crippen LogP contribution in [0.4, 0.5) is 4.39 Å². The number of benzene rings is 2. The molecular formula is C18H20FN3O2S2. The van der Waals surface area contributed by atoms with Crippen molar-refractivity contribution in [2.45, 2.75) is 18.4 Å². The van der Waals surface area contributed by atoms with Gasteiger partial charge in [-0.3, -0.25) is 15.6 Å². The summed E-state index contributed by atoms with van der Waals surface area (Å²) in [5.41, 5.74) is 6.05. The quantitative estimate of drug-likeness (QED) is 0.382. The molecule has 0 aliphatic carbocycles. The molecule has 0 aromatic heterocycles. The lowest BCUT2D eigenvalue weighted by atomic mass is 10.2. The fraction of sp³-hybridized carbons (Fsp3) is 0.222. The summed E-state index contributed by atoms with van der Waals surface area (Å²) in [6, 6.07) is 13.7. The number of thiocarbonyl (C=S) groups is 1. The maximum atomic E-state index is 12.8. The Hall–Kier alpha value is -2.32. The topological polar surface area (TPSA) is 62.4 Å². The Morgan fingerprint density at radius 2 is 1.81 bits per heavy atom. The van der Waals surface area contributed by atoms with Crippen molar-refractivity contribution < 1.29 is 13.9 Å². The van der Waals surface area contributed by atoms with Crippen molar-refractivity contribution in [2.75, 3.05) is 12.4 Å². The number of rotatable bonds is 7. The first-order valence-corrected chi connectivity index (χ1v) is 9.39. The molecule has 8 heteroatoms. The Kier molecular flexibility index (Phi) is 8.17. The second-order valence-electron chi connectivity index (χ2n) is 5.18. The van der Waals surface area contributed by atoms with Gasteiger partial charge in [-0.1, -0.05) is 12.1 Å². The largest absolute Gasteiger partial charge is 0.494 e. The van der Waals surface area contributed by atoms with Crippen LogP contribution in [-0.4, -0.2) is 23.4 Å². The van der Waals surface area contributed by atoms with Crippen molar-refractivity contribution in [1.29, 1.82) is 0 Å². The van der Waals surface area contributed by atoms with E-state index in [-0.39, 0.29) is 22.6 Å². The van der Waals surface area contributed by atoms with Crippen molar-refractivity contribution in [2.24, 2.45) is 0 Å². The second kappa shape index (κ2) is 10.6. The monoisotopic (exact) mass is 393 g/mol. The molecule has 0 bridgehead atoms. The summed E-state index contributed by atoms with van der Waals surface area (Å²) in [7, 11) is 0. The van der Waals surface area contributed by atoms with Gasteiger partial charge in [-0.25, -0.2) is 4.39 Å². The molecule has 0 spiro atoms. The molecule has 138 valence electrons. The Balaban J connectivity index is 1.64. The molecule has 2 aromatic rings. The highest BCUT2D eigenvalue weighted by Gasteiger charge is 2.04. The van der Waals surface area contributed by atoms with E-state index in [2.05, 4.69) is 16.2 Å². The number of amides is 1. The summed E-state index contributed by atoms with van der Waals surface area (Å²) < 4.78 is 18.2. The SMILES string of the molecule is CCOc1ccc(SCC(=O)NNC(=S)NCc2ccc(F)cc2)cc1. The number of hydrogen-bond donors (Lipinski definition) is 3. The number of carbonyl (C=O) groups excluding carboxylic acids is 1. The predicted octanol–water partition coefficient (Wildman–Crippen LogP) is 3.01. The molecule has 3 N–H and O–H groups in total. The maximum Gasteiger partial charge on any atom is 0.248 e. The number of hydrogen-bond acceptors (Lipinski definition) is 4. The normalized spacial score (nSPS) is 10.1. The summed E-state index contributed by atoms with van der Waals surface area (Å²) in [4.78, 5) is 12.8. The molecule has 2 rings (SSSR count). The standard InChI is InChI=1S/C18H20FN3O2S2/c1-2-24-15-7-9-16(10-8-15)26-12-17(23)21-22-18(25)20-11-13-3-5-14(19)6-4-13/h3-10H,2,11-12H2,1H3,(H,21,23)(H2,20,22,25). The minimum absolute atomic E-state index is 0.199. The lowest BCUT2D eigenvalue weighted by molar-refractivity contribution is -0.119. The van der Waals surface area contributed by atoms with Gasteiger partial charge >= 0.3 is 0 Å². The van der Waals surface area contributed by atoms with Gasteiger partial charge in [0.1, 0.15) is 11.6 Å². The number of ether oxygens (including phenoxy) is 1. The summed E-state index contributed by atoms with van der Waals surface area (Å²) in [5, 5.41) is 3.21. The third kappa shape index (κ3) is 7.28. The van der Waals surface area contributed by atoms with Crippen LogP contribution in [-0.2, 0) is 11.3 Å². The van der Waals surface area contributed by atoms with Crippen molar-refractivity contribution >= 4 is 35.0 Å². The van der Waals surface area contributed by atoms with Crippen molar-refractivity contribution in [3.8, 4) is 5.75 Å². The van der Waals surface area contributed by atoms with Crippen molar-refractivity contribution in [3.63, 3.8) is 0 Å². The molecule has 0 radical (unpaired) electrons. The molecule has 0 unspecified atom stereocenters. The average Bonchev–Trinajstić information content (AvgIpc) is 2.65. The zero-order valence-electron chi connectivity index (χ0n) is 14.3. The van der Waals surface area contributed by atoms with Crippen LogP contribution in [0.2, 0.25) is 0 Å². The van der Waals surface area contributed by atoms with Gasteiger partial charge < -0.3 is 10.1 Å². The van der Waals surface area contributed by atoms with E-state index in [1.165, 1.54) is 23.9 Å². The Labute approximate surface area is 161 Å². The van der Waals surface area contributed by atoms with E-state index >= 15 is 0 Å². The van der Waals surface area contributed by atoms with Crippen LogP contribution in [0.3, 0.4) is 0 Å². The van der Waals surface area contributed by atoms with E-state index in [1.54, 1.807) is 12.1 Å². The van der Waals surface area contributed by atoms with Crippen LogP contribution in [0.15, 0.2) is 53.4 Å². The molecule has 1 amide bonds. The van der Waals surface area contributed by atoms with Gasteiger partial charge in [0, 0.05) is 11.4 Å². The minimum Gasteiger partial charge on any atom is -0.494 e. The molecule has 26 heavy (non-hydrogen) atoms. The van der Waals surface area contributed by atoms with Crippen molar-refractivity contribution in [1.82, 2.24) is 16.2 Å². The van der Waals surface area contributed by atoms with Gasteiger partial charge in [0.15, 0.2) is 5.11 Å². The molecule has 0 aliphatic rings. The molecule has 5 nitrogen and oxygen atoms in total. The molecular weight excluding hydrogens is 373 g/mol. The van der Waals surface area contributed by atoms with E-state index in [0.717, 1.165) is 16.2 Å². The maximum absolute atomic E-state index is 12.8. The van der Waals surface area contributed by atoms with Crippen LogP contribution < -0.4 is 20.9 Å². The van der Waals surface area contributed by atoms with Gasteiger partial charge in [-0.2, -0.15) is 0 Å². The lowest BCUT2D eigenvalue weighted by Crippen LogP contribution is -2.47. The lowest BCUT2D eigenvalue weighted by Gasteiger charge is -2.11. The van der Waals surface area contributed by atoms with Gasteiger partial charge in [0.25, 0.3) is 0 Å². The predicted molar refractivity (Wildman–Crippen MR) is 105 cm³/mol. The number of carbonyl (C=O) groups is 1. The molecule has 0 saturated heterocycles. The smallest absolute Gasteiger partial charge is 0.248 e. The zero-order chi connectivity index (χ0) is 18.8. The third-order valence-corrected chi connectivity index (χ3v) is 4.44. The molecule has 0 aliphatic heterocycles. The second-order valence-corrected chi connectivity index (χ2v) is 6.63. The fourth-order valence-electron chi connectivity index (χ4n) is 1.94. The van der Waals surface area contributed by atoms with Crippen LogP contribution in [0.5, 0.6) is 5.75 Å². The number of nitrogens with one attached hydrogen (secondary N) is 3. The van der Waals surface area contributed by atoms with Gasteiger partial charge in [0.05, 0.1) is 12.4 Å². The van der Waals surface area contributed by atoms with E-state index < -0.39 is 0 Å².